The average molecular weight is 507 g/mol. The third-order valence-electron chi connectivity index (χ3n) is 7.51. The Morgan fingerprint density at radius 3 is 1.43 bits per heavy atom. The summed E-state index contributed by atoms with van der Waals surface area (Å²) in [5.74, 6) is 2.13. The summed E-state index contributed by atoms with van der Waals surface area (Å²) in [5.41, 5.74) is 4.91. The van der Waals surface area contributed by atoms with Gasteiger partial charge in [-0.05, 0) is 70.8 Å². The predicted molar refractivity (Wildman–Crippen MR) is 156 cm³/mol. The van der Waals surface area contributed by atoms with Crippen LogP contribution < -0.4 is 20.4 Å². The Bertz CT molecular complexity index is 1450. The minimum atomic E-state index is 0.999. The molecule has 5 aromatic rings. The number of fused-ring (bicyclic) bond motifs is 3. The van der Waals surface area contributed by atoms with Gasteiger partial charge in [0.1, 0.15) is 11.6 Å². The molecule has 0 saturated carbocycles. The Balaban J connectivity index is 1.26. The van der Waals surface area contributed by atoms with Crippen molar-refractivity contribution in [3.63, 3.8) is 0 Å². The molecule has 2 aliphatic rings. The largest absolute Gasteiger partial charge is 0.354 e. The maximum Gasteiger partial charge on any atom is 0.129 e. The maximum atomic E-state index is 4.66. The molecule has 7 heteroatoms. The van der Waals surface area contributed by atoms with Gasteiger partial charge in [0.25, 0.3) is 0 Å². The molecule has 5 heterocycles. The second-order valence-corrected chi connectivity index (χ2v) is 10.9. The zero-order chi connectivity index (χ0) is 24.6. The maximum absolute atomic E-state index is 4.66. The van der Waals surface area contributed by atoms with Gasteiger partial charge in [0.15, 0.2) is 0 Å². The van der Waals surface area contributed by atoms with Crippen molar-refractivity contribution in [3.8, 4) is 22.3 Å². The van der Waals surface area contributed by atoms with Gasteiger partial charge in [0, 0.05) is 84.9 Å². The standard InChI is InChI=1S/C30H30N6S/c1-3-27-25(17-21(1)23-5-7-33-29(19-23)35-13-9-31-10-14-35)26-18-22(2-4-28(26)37-27)24-6-8-34-30(20-24)36-15-11-32-12-16-36/h1-8,17-20,31-32H,9-16H2. The highest BCUT2D eigenvalue weighted by atomic mass is 32.1. The number of nitrogens with zero attached hydrogens (tertiary/aromatic N) is 4. The molecule has 0 amide bonds. The van der Waals surface area contributed by atoms with Crippen molar-refractivity contribution in [2.24, 2.45) is 0 Å². The Morgan fingerprint density at radius 1 is 0.541 bits per heavy atom. The fourth-order valence-electron chi connectivity index (χ4n) is 5.47. The van der Waals surface area contributed by atoms with Crippen LogP contribution in [-0.4, -0.2) is 62.3 Å². The first-order chi connectivity index (χ1) is 18.3. The molecule has 2 fully saturated rings. The Labute approximate surface area is 221 Å². The molecule has 0 spiro atoms. The third kappa shape index (κ3) is 4.44. The van der Waals surface area contributed by atoms with Gasteiger partial charge >= 0.3 is 0 Å². The summed E-state index contributed by atoms with van der Waals surface area (Å²) in [6, 6.07) is 22.5. The fraction of sp³-hybridized carbons (Fsp3) is 0.267. The number of aromatic nitrogens is 2. The van der Waals surface area contributed by atoms with Crippen LogP contribution in [-0.2, 0) is 0 Å². The molecule has 0 unspecified atom stereocenters. The molecular weight excluding hydrogens is 476 g/mol. The molecule has 0 atom stereocenters. The first-order valence-corrected chi connectivity index (χ1v) is 13.9. The lowest BCUT2D eigenvalue weighted by Gasteiger charge is -2.28. The van der Waals surface area contributed by atoms with Gasteiger partial charge in [0.05, 0.1) is 0 Å². The second kappa shape index (κ2) is 9.74. The average Bonchev–Trinajstić information content (AvgIpc) is 3.35. The van der Waals surface area contributed by atoms with E-state index in [0.29, 0.717) is 0 Å². The van der Waals surface area contributed by atoms with Crippen molar-refractivity contribution in [2.75, 3.05) is 62.2 Å². The smallest absolute Gasteiger partial charge is 0.129 e. The fourth-order valence-corrected chi connectivity index (χ4v) is 6.53. The molecule has 186 valence electrons. The van der Waals surface area contributed by atoms with Crippen molar-refractivity contribution in [3.05, 3.63) is 73.1 Å². The van der Waals surface area contributed by atoms with Crippen LogP contribution in [0.5, 0.6) is 0 Å². The van der Waals surface area contributed by atoms with Crippen LogP contribution >= 0.6 is 11.3 Å². The summed E-state index contributed by atoms with van der Waals surface area (Å²) in [4.78, 5) is 14.1. The normalized spacial score (nSPS) is 16.5. The van der Waals surface area contributed by atoms with E-state index in [0.717, 1.165) is 64.0 Å². The highest BCUT2D eigenvalue weighted by Crippen LogP contribution is 2.39. The van der Waals surface area contributed by atoms with Crippen LogP contribution in [0.4, 0.5) is 11.6 Å². The first kappa shape index (κ1) is 22.7. The van der Waals surface area contributed by atoms with E-state index < -0.39 is 0 Å². The number of hydrogen-bond donors (Lipinski definition) is 2. The van der Waals surface area contributed by atoms with Crippen LogP contribution in [0, 0.1) is 0 Å². The molecule has 2 aliphatic heterocycles. The van der Waals surface area contributed by atoms with E-state index in [9.17, 15) is 0 Å². The molecule has 2 aromatic carbocycles. The molecule has 0 aliphatic carbocycles. The van der Waals surface area contributed by atoms with Crippen LogP contribution in [0.25, 0.3) is 42.4 Å². The van der Waals surface area contributed by atoms with E-state index in [1.807, 2.05) is 23.7 Å². The van der Waals surface area contributed by atoms with E-state index in [1.54, 1.807) is 0 Å². The van der Waals surface area contributed by atoms with Gasteiger partial charge in [-0.2, -0.15) is 0 Å². The zero-order valence-electron chi connectivity index (χ0n) is 20.8. The highest BCUT2D eigenvalue weighted by molar-refractivity contribution is 7.25. The minimum Gasteiger partial charge on any atom is -0.354 e. The summed E-state index contributed by atoms with van der Waals surface area (Å²) in [6.07, 6.45) is 3.89. The van der Waals surface area contributed by atoms with E-state index in [2.05, 4.69) is 91.1 Å². The Morgan fingerprint density at radius 2 is 0.973 bits per heavy atom. The molecule has 6 nitrogen and oxygen atoms in total. The molecule has 2 saturated heterocycles. The SMILES string of the molecule is c1cc(-c2ccc3sc4ccc(-c5ccnc(N6CCNCC6)c5)cc4c3c2)cc(N2CCNCC2)n1. The topological polar surface area (TPSA) is 56.3 Å². The van der Waals surface area contributed by atoms with Gasteiger partial charge < -0.3 is 20.4 Å². The zero-order valence-corrected chi connectivity index (χ0v) is 21.6. The highest BCUT2D eigenvalue weighted by Gasteiger charge is 2.15. The molecule has 0 bridgehead atoms. The lowest BCUT2D eigenvalue weighted by atomic mass is 10.0. The summed E-state index contributed by atoms with van der Waals surface area (Å²) in [7, 11) is 0. The van der Waals surface area contributed by atoms with Gasteiger partial charge in [-0.3, -0.25) is 0 Å². The van der Waals surface area contributed by atoms with Crippen molar-refractivity contribution in [1.82, 2.24) is 20.6 Å². The molecule has 0 radical (unpaired) electrons. The number of rotatable bonds is 4. The number of pyridine rings is 2. The monoisotopic (exact) mass is 506 g/mol. The van der Waals surface area contributed by atoms with Gasteiger partial charge in [-0.25, -0.2) is 9.97 Å². The lowest BCUT2D eigenvalue weighted by Crippen LogP contribution is -2.43. The number of benzene rings is 2. The summed E-state index contributed by atoms with van der Waals surface area (Å²) >= 11 is 1.87. The summed E-state index contributed by atoms with van der Waals surface area (Å²) < 4.78 is 2.65. The van der Waals surface area contributed by atoms with Crippen LogP contribution in [0.1, 0.15) is 0 Å². The predicted octanol–water partition coefficient (Wildman–Crippen LogP) is 5.00. The van der Waals surface area contributed by atoms with Gasteiger partial charge in [0.2, 0.25) is 0 Å². The minimum absolute atomic E-state index is 0.999. The molecule has 3 aromatic heterocycles. The molecular formula is C30H30N6S. The van der Waals surface area contributed by atoms with E-state index in [-0.39, 0.29) is 0 Å². The lowest BCUT2D eigenvalue weighted by molar-refractivity contribution is 0.585. The van der Waals surface area contributed by atoms with Crippen molar-refractivity contribution < 1.29 is 0 Å². The van der Waals surface area contributed by atoms with Crippen LogP contribution in [0.2, 0.25) is 0 Å². The quantitative estimate of drug-likeness (QED) is 0.358. The second-order valence-electron chi connectivity index (χ2n) is 9.80. The first-order valence-electron chi connectivity index (χ1n) is 13.1. The van der Waals surface area contributed by atoms with Crippen molar-refractivity contribution in [2.45, 2.75) is 0 Å². The molecule has 2 N–H and O–H groups in total. The van der Waals surface area contributed by atoms with E-state index >= 15 is 0 Å². The number of hydrogen-bond acceptors (Lipinski definition) is 7. The number of thiophene rings is 1. The Hall–Kier alpha value is -3.52. The third-order valence-corrected chi connectivity index (χ3v) is 8.66. The van der Waals surface area contributed by atoms with E-state index in [1.165, 1.54) is 42.4 Å². The summed E-state index contributed by atoms with van der Waals surface area (Å²) in [5, 5.41) is 9.48. The molecule has 7 rings (SSSR count). The van der Waals surface area contributed by atoms with Crippen molar-refractivity contribution >= 4 is 43.1 Å². The Kier molecular flexibility index (Phi) is 5.97. The molecule has 37 heavy (non-hydrogen) atoms. The van der Waals surface area contributed by atoms with Crippen molar-refractivity contribution in [1.29, 1.82) is 0 Å². The number of nitrogens with one attached hydrogen (secondary N) is 2. The number of anilines is 2. The summed E-state index contributed by atoms with van der Waals surface area (Å²) in [6.45, 7) is 8.03. The number of piperazine rings is 2. The van der Waals surface area contributed by atoms with Crippen LogP contribution in [0.3, 0.4) is 0 Å². The van der Waals surface area contributed by atoms with Crippen LogP contribution in [0.15, 0.2) is 73.1 Å². The van der Waals surface area contributed by atoms with Gasteiger partial charge in [-0.15, -0.1) is 11.3 Å². The van der Waals surface area contributed by atoms with E-state index in [4.69, 9.17) is 0 Å². The van der Waals surface area contributed by atoms with Gasteiger partial charge in [-0.1, -0.05) is 12.1 Å².